The maximum Gasteiger partial charge on any atom is 0.524 e. The largest absolute Gasteiger partial charge is 0.524 e. The highest BCUT2D eigenvalue weighted by atomic mass is 35.5. The molecule has 2 aliphatic rings. The molecule has 0 saturated carbocycles. The van der Waals surface area contributed by atoms with E-state index < -0.39 is 29.8 Å². The van der Waals surface area contributed by atoms with Gasteiger partial charge in [-0.05, 0) is 45.0 Å². The Bertz CT molecular complexity index is 950. The number of benzene rings is 1. The smallest absolute Gasteiger partial charge is 0.331 e. The van der Waals surface area contributed by atoms with Crippen molar-refractivity contribution >= 4 is 29.0 Å². The molecule has 1 aromatic carbocycles. The van der Waals surface area contributed by atoms with Gasteiger partial charge in [0.1, 0.15) is 6.04 Å². The third-order valence-electron chi connectivity index (χ3n) is 5.82. The Morgan fingerprint density at radius 3 is 2.56 bits per heavy atom. The lowest BCUT2D eigenvalue weighted by Crippen LogP contribution is -2.52. The lowest BCUT2D eigenvalue weighted by molar-refractivity contribution is -0.342. The van der Waals surface area contributed by atoms with Crippen LogP contribution in [0.2, 0.25) is 0 Å². The topological polar surface area (TPSA) is 61.9 Å². The van der Waals surface area contributed by atoms with Crippen molar-refractivity contribution in [2.24, 2.45) is 0 Å². The molecule has 1 N–H and O–H groups in total. The molecule has 3 rings (SSSR count). The molecule has 186 valence electrons. The van der Waals surface area contributed by atoms with Gasteiger partial charge in [-0.3, -0.25) is 14.3 Å². The molecule has 0 spiro atoms. The first-order valence-electron chi connectivity index (χ1n) is 11.2. The molecular formula is C24H29ClF3N3O3. The van der Waals surface area contributed by atoms with Crippen molar-refractivity contribution in [3.05, 3.63) is 53.7 Å². The Morgan fingerprint density at radius 1 is 1.21 bits per heavy atom. The van der Waals surface area contributed by atoms with Gasteiger partial charge in [-0.15, -0.1) is 13.2 Å². The monoisotopic (exact) mass is 499 g/mol. The lowest BCUT2D eigenvalue weighted by atomic mass is 9.92. The number of allylic oxidation sites excluding steroid dienone is 2. The SMILES string of the molecule is CN(C)CCC(=O)N1CCCC[C@@H]1C(=O)NC1=CC=C(c2ccccc2)C(Cl)(OC(F)(F)F)C1. The summed E-state index contributed by atoms with van der Waals surface area (Å²) in [6.45, 7) is 1.03. The van der Waals surface area contributed by atoms with Crippen LogP contribution < -0.4 is 5.32 Å². The summed E-state index contributed by atoms with van der Waals surface area (Å²) in [5.74, 6) is -0.559. The quantitative estimate of drug-likeness (QED) is 0.569. The van der Waals surface area contributed by atoms with Gasteiger partial charge in [-0.2, -0.15) is 0 Å². The van der Waals surface area contributed by atoms with Crippen LogP contribution in [-0.2, 0) is 14.3 Å². The van der Waals surface area contributed by atoms with Gasteiger partial charge in [-0.1, -0.05) is 48.0 Å². The van der Waals surface area contributed by atoms with Gasteiger partial charge in [-0.25, -0.2) is 0 Å². The lowest BCUT2D eigenvalue weighted by Gasteiger charge is -2.37. The first-order valence-corrected chi connectivity index (χ1v) is 11.5. The Labute approximate surface area is 202 Å². The molecule has 1 fully saturated rings. The molecule has 1 heterocycles. The van der Waals surface area contributed by atoms with Crippen molar-refractivity contribution in [2.75, 3.05) is 27.2 Å². The number of carbonyl (C=O) groups is 2. The summed E-state index contributed by atoms with van der Waals surface area (Å²) < 4.78 is 44.0. The fourth-order valence-corrected chi connectivity index (χ4v) is 4.61. The summed E-state index contributed by atoms with van der Waals surface area (Å²) in [5.41, 5.74) is 0.812. The summed E-state index contributed by atoms with van der Waals surface area (Å²) in [6.07, 6.45) is -0.0780. The van der Waals surface area contributed by atoms with E-state index in [0.29, 0.717) is 25.1 Å². The minimum Gasteiger partial charge on any atom is -0.331 e. The predicted octanol–water partition coefficient (Wildman–Crippen LogP) is 4.28. The van der Waals surface area contributed by atoms with Gasteiger partial charge in [0.15, 0.2) is 5.06 Å². The van der Waals surface area contributed by atoms with E-state index in [9.17, 15) is 22.8 Å². The zero-order chi connectivity index (χ0) is 24.9. The summed E-state index contributed by atoms with van der Waals surface area (Å²) in [7, 11) is 3.73. The fraction of sp³-hybridized carbons (Fsp3) is 0.500. The molecule has 0 radical (unpaired) electrons. The van der Waals surface area contributed by atoms with E-state index >= 15 is 0 Å². The van der Waals surface area contributed by atoms with Gasteiger partial charge in [0.05, 0.1) is 0 Å². The van der Waals surface area contributed by atoms with Crippen molar-refractivity contribution in [2.45, 2.75) is 49.6 Å². The van der Waals surface area contributed by atoms with Crippen LogP contribution in [0.4, 0.5) is 13.2 Å². The van der Waals surface area contributed by atoms with Gasteiger partial charge in [0.2, 0.25) is 11.8 Å². The number of hydrogen-bond donors (Lipinski definition) is 1. The maximum atomic E-state index is 13.2. The number of carbonyl (C=O) groups excluding carboxylic acids is 2. The highest BCUT2D eigenvalue weighted by Gasteiger charge is 2.47. The standard InChI is InChI=1S/C24H29ClF3N3O3/c1-30(2)15-13-21(32)31-14-7-6-10-20(31)22(33)29-18-11-12-19(17-8-4-3-5-9-17)23(25,16-18)34-24(26,27)28/h3-5,8-9,11-12,20H,6-7,10,13-16H2,1-2H3,(H,29,33)/t20-,23?/m1/s1. The van der Waals surface area contributed by atoms with Crippen LogP contribution in [0.5, 0.6) is 0 Å². The van der Waals surface area contributed by atoms with Crippen molar-refractivity contribution in [1.82, 2.24) is 15.1 Å². The highest BCUT2D eigenvalue weighted by molar-refractivity contribution is 6.29. The number of hydrogen-bond acceptors (Lipinski definition) is 4. The molecule has 0 aromatic heterocycles. The van der Waals surface area contributed by atoms with E-state index in [4.69, 9.17) is 11.6 Å². The van der Waals surface area contributed by atoms with E-state index in [-0.39, 0.29) is 23.6 Å². The number of ether oxygens (including phenoxy) is 1. The van der Waals surface area contributed by atoms with Gasteiger partial charge in [0, 0.05) is 37.2 Å². The average molecular weight is 500 g/mol. The molecule has 2 amide bonds. The van der Waals surface area contributed by atoms with Gasteiger partial charge in [0.25, 0.3) is 0 Å². The summed E-state index contributed by atoms with van der Waals surface area (Å²) in [5, 5.41) is 0.447. The number of alkyl halides is 4. The van der Waals surface area contributed by atoms with E-state index in [2.05, 4.69) is 10.1 Å². The molecule has 1 aliphatic heterocycles. The predicted molar refractivity (Wildman–Crippen MR) is 124 cm³/mol. The highest BCUT2D eigenvalue weighted by Crippen LogP contribution is 2.45. The van der Waals surface area contributed by atoms with Crippen molar-refractivity contribution < 1.29 is 27.5 Å². The number of piperidine rings is 1. The fourth-order valence-electron chi connectivity index (χ4n) is 4.20. The average Bonchev–Trinajstić information content (AvgIpc) is 2.76. The van der Waals surface area contributed by atoms with Crippen LogP contribution in [0, 0.1) is 0 Å². The summed E-state index contributed by atoms with van der Waals surface area (Å²) >= 11 is 6.40. The first-order chi connectivity index (χ1) is 16.0. The second kappa shape index (κ2) is 10.9. The number of amides is 2. The van der Waals surface area contributed by atoms with Crippen LogP contribution >= 0.6 is 11.6 Å². The van der Waals surface area contributed by atoms with Crippen LogP contribution in [0.3, 0.4) is 0 Å². The third kappa shape index (κ3) is 6.84. The van der Waals surface area contributed by atoms with Crippen LogP contribution in [0.25, 0.3) is 5.57 Å². The Balaban J connectivity index is 1.79. The molecule has 0 bridgehead atoms. The first kappa shape index (κ1) is 26.2. The van der Waals surface area contributed by atoms with Crippen molar-refractivity contribution in [3.63, 3.8) is 0 Å². The Kier molecular flexibility index (Phi) is 8.43. The van der Waals surface area contributed by atoms with Gasteiger partial charge >= 0.3 is 6.36 Å². The summed E-state index contributed by atoms with van der Waals surface area (Å²) in [4.78, 5) is 29.2. The number of nitrogens with zero attached hydrogens (tertiary/aromatic N) is 2. The molecule has 1 aromatic rings. The Hall–Kier alpha value is -2.36. The second-order valence-electron chi connectivity index (χ2n) is 8.73. The minimum atomic E-state index is -4.99. The van der Waals surface area contributed by atoms with E-state index in [1.54, 1.807) is 35.2 Å². The van der Waals surface area contributed by atoms with Crippen molar-refractivity contribution in [3.8, 4) is 0 Å². The number of rotatable bonds is 7. The van der Waals surface area contributed by atoms with Crippen molar-refractivity contribution in [1.29, 1.82) is 0 Å². The van der Waals surface area contributed by atoms with E-state index in [0.717, 1.165) is 12.8 Å². The second-order valence-corrected chi connectivity index (χ2v) is 9.34. The maximum absolute atomic E-state index is 13.2. The number of halogens is 4. The number of nitrogens with one attached hydrogen (secondary N) is 1. The summed E-state index contributed by atoms with van der Waals surface area (Å²) in [6, 6.07) is 7.71. The molecule has 1 unspecified atom stereocenters. The molecule has 10 heteroatoms. The Morgan fingerprint density at radius 2 is 1.91 bits per heavy atom. The molecular weight excluding hydrogens is 471 g/mol. The van der Waals surface area contributed by atoms with Crippen LogP contribution in [-0.4, -0.2) is 66.3 Å². The molecule has 2 atom stereocenters. The number of likely N-dealkylation sites (tertiary alicyclic amines) is 1. The normalized spacial score (nSPS) is 23.4. The molecule has 1 aliphatic carbocycles. The zero-order valence-corrected chi connectivity index (χ0v) is 20.0. The van der Waals surface area contributed by atoms with E-state index in [1.807, 2.05) is 19.0 Å². The zero-order valence-electron chi connectivity index (χ0n) is 19.2. The third-order valence-corrected chi connectivity index (χ3v) is 6.23. The van der Waals surface area contributed by atoms with Crippen LogP contribution in [0.1, 0.15) is 37.7 Å². The molecule has 34 heavy (non-hydrogen) atoms. The van der Waals surface area contributed by atoms with Crippen LogP contribution in [0.15, 0.2) is 48.2 Å². The minimum absolute atomic E-state index is 0.121. The van der Waals surface area contributed by atoms with E-state index in [1.165, 1.54) is 12.2 Å². The molecule has 1 saturated heterocycles. The molecule has 6 nitrogen and oxygen atoms in total. The van der Waals surface area contributed by atoms with Gasteiger partial charge < -0.3 is 15.1 Å².